The quantitative estimate of drug-likeness (QED) is 0.767. The van der Waals surface area contributed by atoms with Crippen molar-refractivity contribution in [3.05, 3.63) is 31.3 Å². The van der Waals surface area contributed by atoms with Crippen molar-refractivity contribution in [3.63, 3.8) is 0 Å². The van der Waals surface area contributed by atoms with Crippen LogP contribution in [0.2, 0.25) is 0 Å². The molecular formula is C18H25O2. The van der Waals surface area contributed by atoms with Crippen molar-refractivity contribution in [2.75, 3.05) is 7.11 Å². The Labute approximate surface area is 123 Å². The van der Waals surface area contributed by atoms with Crippen LogP contribution in [0.1, 0.15) is 40.5 Å². The fraction of sp³-hybridized carbons (Fsp3) is 0.667. The second kappa shape index (κ2) is 4.56. The van der Waals surface area contributed by atoms with E-state index in [9.17, 15) is 4.79 Å². The third-order valence-electron chi connectivity index (χ3n) is 6.42. The molecule has 0 unspecified atom stereocenters. The molecule has 0 aromatic rings. The molecule has 0 aromatic carbocycles. The van der Waals surface area contributed by atoms with Gasteiger partial charge in [-0.1, -0.05) is 27.7 Å². The SMILES string of the molecule is CO[C]1[CH][C](C)[CH][C@@H]([C@H]2C(=O)[C@]3(C)CC[C@H]2C3(C)C)[CH]1. The van der Waals surface area contributed by atoms with E-state index in [0.29, 0.717) is 11.7 Å². The van der Waals surface area contributed by atoms with Crippen LogP contribution in [-0.2, 0) is 9.53 Å². The van der Waals surface area contributed by atoms with E-state index in [4.69, 9.17) is 4.74 Å². The number of rotatable bonds is 2. The highest BCUT2D eigenvalue weighted by Gasteiger charge is 2.67. The Morgan fingerprint density at radius 1 is 1.25 bits per heavy atom. The molecule has 3 fully saturated rings. The zero-order chi connectivity index (χ0) is 14.7. The largest absolute Gasteiger partial charge is 0.375 e. The summed E-state index contributed by atoms with van der Waals surface area (Å²) in [6, 6.07) is 0. The van der Waals surface area contributed by atoms with Crippen LogP contribution >= 0.6 is 0 Å². The first-order valence-electron chi connectivity index (χ1n) is 7.64. The van der Waals surface area contributed by atoms with Crippen LogP contribution < -0.4 is 0 Å². The summed E-state index contributed by atoms with van der Waals surface area (Å²) in [6.07, 6.45) is 9.56. The molecule has 3 saturated carbocycles. The second-order valence-electron chi connectivity index (χ2n) is 7.49. The fourth-order valence-electron chi connectivity index (χ4n) is 4.80. The zero-order valence-corrected chi connectivity index (χ0v) is 13.2. The van der Waals surface area contributed by atoms with Gasteiger partial charge in [-0.2, -0.15) is 0 Å². The third-order valence-corrected chi connectivity index (χ3v) is 6.42. The van der Waals surface area contributed by atoms with Crippen molar-refractivity contribution in [3.8, 4) is 0 Å². The Bertz CT molecular complexity index is 414. The van der Waals surface area contributed by atoms with E-state index in [-0.39, 0.29) is 22.7 Å². The molecule has 0 spiro atoms. The number of carbonyl (C=O) groups is 1. The molecule has 5 radical (unpaired) electrons. The van der Waals surface area contributed by atoms with Crippen molar-refractivity contribution in [2.24, 2.45) is 28.6 Å². The van der Waals surface area contributed by atoms with Gasteiger partial charge in [0.2, 0.25) is 0 Å². The first-order valence-corrected chi connectivity index (χ1v) is 7.64. The van der Waals surface area contributed by atoms with E-state index < -0.39 is 0 Å². The molecule has 0 aromatic heterocycles. The van der Waals surface area contributed by atoms with E-state index in [1.807, 2.05) is 6.42 Å². The molecule has 0 amide bonds. The first-order chi connectivity index (χ1) is 9.31. The monoisotopic (exact) mass is 273 g/mol. The number of ketones is 1. The summed E-state index contributed by atoms with van der Waals surface area (Å²) in [6.45, 7) is 8.84. The lowest BCUT2D eigenvalue weighted by molar-refractivity contribution is -0.132. The third kappa shape index (κ3) is 1.76. The summed E-state index contributed by atoms with van der Waals surface area (Å²) in [5, 5.41) is 0. The molecule has 0 saturated heterocycles. The number of ether oxygens (including phenoxy) is 1. The predicted molar refractivity (Wildman–Crippen MR) is 78.7 cm³/mol. The van der Waals surface area contributed by atoms with Crippen molar-refractivity contribution >= 4 is 5.78 Å². The Kier molecular flexibility index (Phi) is 3.32. The highest BCUT2D eigenvalue weighted by Crippen LogP contribution is 2.67. The standard InChI is InChI=1S/C18H25O2/c1-11-8-12(10-13(9-11)20-5)15-14-6-7-18(4,16(15)19)17(14,2)3/h8-10,12,14-15H,6-7H2,1-5H3/t12-,14-,15-,18+/m1/s1. The van der Waals surface area contributed by atoms with Crippen LogP contribution in [0.25, 0.3) is 0 Å². The smallest absolute Gasteiger partial charge is 0.142 e. The molecule has 4 atom stereocenters. The Morgan fingerprint density at radius 2 is 1.95 bits per heavy atom. The maximum atomic E-state index is 13.0. The normalized spacial score (nSPS) is 45.2. The lowest BCUT2D eigenvalue weighted by Crippen LogP contribution is -2.38. The molecule has 0 heterocycles. The lowest BCUT2D eigenvalue weighted by Gasteiger charge is -2.37. The maximum absolute atomic E-state index is 13.0. The molecule has 109 valence electrons. The van der Waals surface area contributed by atoms with Crippen molar-refractivity contribution in [2.45, 2.75) is 40.5 Å². The van der Waals surface area contributed by atoms with Crippen molar-refractivity contribution < 1.29 is 9.53 Å². The summed E-state index contributed by atoms with van der Waals surface area (Å²) in [5.41, 5.74) is -0.00888. The van der Waals surface area contributed by atoms with Gasteiger partial charge in [-0.3, -0.25) is 4.79 Å². The molecular weight excluding hydrogens is 248 g/mol. The summed E-state index contributed by atoms with van der Waals surface area (Å²) in [4.78, 5) is 13.0. The van der Waals surface area contributed by atoms with Gasteiger partial charge in [-0.25, -0.2) is 0 Å². The van der Waals surface area contributed by atoms with Gasteiger partial charge in [0, 0.05) is 31.3 Å². The van der Waals surface area contributed by atoms with Crippen LogP contribution in [0.15, 0.2) is 0 Å². The van der Waals surface area contributed by atoms with Crippen LogP contribution in [0.3, 0.4) is 0 Å². The topological polar surface area (TPSA) is 26.3 Å². The Balaban J connectivity index is 1.86. The van der Waals surface area contributed by atoms with Gasteiger partial charge in [-0.15, -0.1) is 0 Å². The molecule has 3 aliphatic rings. The number of methoxy groups -OCH3 is 1. The van der Waals surface area contributed by atoms with Crippen molar-refractivity contribution in [1.82, 2.24) is 0 Å². The van der Waals surface area contributed by atoms with Crippen LogP contribution in [0, 0.1) is 59.9 Å². The highest BCUT2D eigenvalue weighted by atomic mass is 16.5. The van der Waals surface area contributed by atoms with E-state index in [1.165, 1.54) is 12.3 Å². The van der Waals surface area contributed by atoms with E-state index in [1.54, 1.807) is 7.11 Å². The van der Waals surface area contributed by atoms with Gasteiger partial charge in [-0.05, 0) is 42.4 Å². The van der Waals surface area contributed by atoms with Gasteiger partial charge < -0.3 is 4.74 Å². The number of hydrogen-bond acceptors (Lipinski definition) is 2. The van der Waals surface area contributed by atoms with Gasteiger partial charge >= 0.3 is 0 Å². The summed E-state index contributed by atoms with van der Waals surface area (Å²) in [5.74, 6) is 2.52. The molecule has 3 aliphatic carbocycles. The average Bonchev–Trinajstić information content (AvgIpc) is 2.70. The van der Waals surface area contributed by atoms with E-state index >= 15 is 0 Å². The minimum atomic E-state index is -0.133. The fourth-order valence-corrected chi connectivity index (χ4v) is 4.80. The molecule has 2 nitrogen and oxygen atoms in total. The predicted octanol–water partition coefficient (Wildman–Crippen LogP) is 3.64. The van der Waals surface area contributed by atoms with Gasteiger partial charge in [0.05, 0.1) is 0 Å². The molecule has 2 heteroatoms. The maximum Gasteiger partial charge on any atom is 0.142 e. The lowest BCUT2D eigenvalue weighted by atomic mass is 9.67. The first kappa shape index (κ1) is 14.6. The summed E-state index contributed by atoms with van der Waals surface area (Å²) >= 11 is 0. The number of carbonyl (C=O) groups excluding carboxylic acids is 1. The Morgan fingerprint density at radius 3 is 2.50 bits per heavy atom. The minimum Gasteiger partial charge on any atom is -0.375 e. The van der Waals surface area contributed by atoms with Crippen molar-refractivity contribution in [1.29, 1.82) is 0 Å². The zero-order valence-electron chi connectivity index (χ0n) is 13.2. The molecule has 2 bridgehead atoms. The highest BCUT2D eigenvalue weighted by molar-refractivity contribution is 5.92. The summed E-state index contributed by atoms with van der Waals surface area (Å²) in [7, 11) is 1.70. The van der Waals surface area contributed by atoms with E-state index in [0.717, 1.165) is 12.5 Å². The van der Waals surface area contributed by atoms with Gasteiger partial charge in [0.25, 0.3) is 0 Å². The van der Waals surface area contributed by atoms with Gasteiger partial charge in [0.1, 0.15) is 11.9 Å². The molecule has 0 aliphatic heterocycles. The Hall–Kier alpha value is -0.370. The van der Waals surface area contributed by atoms with Crippen LogP contribution in [-0.4, -0.2) is 12.9 Å². The van der Waals surface area contributed by atoms with Crippen LogP contribution in [0.5, 0.6) is 0 Å². The molecule has 20 heavy (non-hydrogen) atoms. The van der Waals surface area contributed by atoms with Crippen LogP contribution in [0.4, 0.5) is 0 Å². The minimum absolute atomic E-state index is 0.124. The average molecular weight is 273 g/mol. The number of Topliss-reactive ketones (excluding diaryl/α,β-unsaturated/α-hetero) is 1. The number of hydrogen-bond donors (Lipinski definition) is 0. The summed E-state index contributed by atoms with van der Waals surface area (Å²) < 4.78 is 5.40. The molecule has 3 rings (SSSR count). The van der Waals surface area contributed by atoms with Gasteiger partial charge in [0.15, 0.2) is 0 Å². The number of fused-ring (bicyclic) bond motifs is 2. The van der Waals surface area contributed by atoms with E-state index in [2.05, 4.69) is 40.5 Å². The molecule has 0 N–H and O–H groups in total. The second-order valence-corrected chi connectivity index (χ2v) is 7.49.